The second-order valence-corrected chi connectivity index (χ2v) is 7.62. The minimum atomic E-state index is -3.41. The third kappa shape index (κ3) is 3.73. The zero-order chi connectivity index (χ0) is 14.8. The van der Waals surface area contributed by atoms with Crippen LogP contribution in [0.15, 0.2) is 29.2 Å². The van der Waals surface area contributed by atoms with Gasteiger partial charge < -0.3 is 4.74 Å². The van der Waals surface area contributed by atoms with E-state index in [1.54, 1.807) is 24.3 Å². The van der Waals surface area contributed by atoms with Gasteiger partial charge in [0.05, 0.1) is 17.1 Å². The van der Waals surface area contributed by atoms with Crippen molar-refractivity contribution < 1.29 is 13.2 Å². The first kappa shape index (κ1) is 15.8. The van der Waals surface area contributed by atoms with Gasteiger partial charge in [-0.15, -0.1) is 0 Å². The van der Waals surface area contributed by atoms with Gasteiger partial charge in [-0.25, -0.2) is 8.42 Å². The van der Waals surface area contributed by atoms with E-state index in [1.807, 2.05) is 13.8 Å². The molecule has 0 aromatic heterocycles. The van der Waals surface area contributed by atoms with Gasteiger partial charge >= 0.3 is 0 Å². The van der Waals surface area contributed by atoms with Crippen LogP contribution in [-0.4, -0.2) is 38.0 Å². The minimum absolute atomic E-state index is 0.159. The minimum Gasteiger partial charge on any atom is -0.375 e. The van der Waals surface area contributed by atoms with Gasteiger partial charge in [-0.1, -0.05) is 11.6 Å². The first-order valence-electron chi connectivity index (χ1n) is 6.81. The summed E-state index contributed by atoms with van der Waals surface area (Å²) in [5.74, 6) is 0. The highest BCUT2D eigenvalue weighted by Crippen LogP contribution is 2.23. The molecule has 0 spiro atoms. The Morgan fingerprint density at radius 2 is 1.75 bits per heavy atom. The standard InChI is InChI=1S/C14H20ClNO3S/c1-11(2)19-13-7-9-16(10-8-13)20(17,18)14-5-3-12(15)4-6-14/h3-6,11,13H,7-10H2,1-2H3. The molecule has 0 bridgehead atoms. The summed E-state index contributed by atoms with van der Waals surface area (Å²) in [5, 5.41) is 0.535. The predicted octanol–water partition coefficient (Wildman–Crippen LogP) is 2.92. The summed E-state index contributed by atoms with van der Waals surface area (Å²) < 4.78 is 32.2. The lowest BCUT2D eigenvalue weighted by Crippen LogP contribution is -2.41. The molecule has 1 saturated heterocycles. The Morgan fingerprint density at radius 3 is 2.25 bits per heavy atom. The predicted molar refractivity (Wildman–Crippen MR) is 79.5 cm³/mol. The summed E-state index contributed by atoms with van der Waals surface area (Å²) in [7, 11) is -3.41. The van der Waals surface area contributed by atoms with E-state index in [0.29, 0.717) is 23.0 Å². The van der Waals surface area contributed by atoms with E-state index in [-0.39, 0.29) is 12.2 Å². The molecule has 4 nitrogen and oxygen atoms in total. The lowest BCUT2D eigenvalue weighted by molar-refractivity contribution is -0.0168. The summed E-state index contributed by atoms with van der Waals surface area (Å²) in [4.78, 5) is 0.296. The molecule has 6 heteroatoms. The van der Waals surface area contributed by atoms with Crippen molar-refractivity contribution >= 4 is 21.6 Å². The number of nitrogens with zero attached hydrogens (tertiary/aromatic N) is 1. The van der Waals surface area contributed by atoms with Gasteiger partial charge in [-0.3, -0.25) is 0 Å². The fraction of sp³-hybridized carbons (Fsp3) is 0.571. The smallest absolute Gasteiger partial charge is 0.243 e. The maximum atomic E-state index is 12.5. The van der Waals surface area contributed by atoms with Crippen LogP contribution < -0.4 is 0 Å². The molecule has 0 unspecified atom stereocenters. The molecule has 0 saturated carbocycles. The van der Waals surface area contributed by atoms with Crippen LogP contribution in [0.3, 0.4) is 0 Å². The van der Waals surface area contributed by atoms with Gasteiger partial charge in [0, 0.05) is 18.1 Å². The van der Waals surface area contributed by atoms with Crippen LogP contribution in [0, 0.1) is 0 Å². The molecule has 20 heavy (non-hydrogen) atoms. The fourth-order valence-corrected chi connectivity index (χ4v) is 3.94. The second-order valence-electron chi connectivity index (χ2n) is 5.24. The zero-order valence-electron chi connectivity index (χ0n) is 11.8. The molecule has 1 aromatic rings. The molecular formula is C14H20ClNO3S. The molecule has 0 atom stereocenters. The van der Waals surface area contributed by atoms with Crippen molar-refractivity contribution in [3.05, 3.63) is 29.3 Å². The molecular weight excluding hydrogens is 298 g/mol. The van der Waals surface area contributed by atoms with Crippen molar-refractivity contribution in [3.8, 4) is 0 Å². The van der Waals surface area contributed by atoms with E-state index >= 15 is 0 Å². The highest BCUT2D eigenvalue weighted by Gasteiger charge is 2.29. The lowest BCUT2D eigenvalue weighted by atomic mass is 10.1. The van der Waals surface area contributed by atoms with Crippen LogP contribution in [-0.2, 0) is 14.8 Å². The molecule has 0 radical (unpaired) electrons. The number of halogens is 1. The summed E-state index contributed by atoms with van der Waals surface area (Å²) in [6.07, 6.45) is 1.82. The van der Waals surface area contributed by atoms with Crippen molar-refractivity contribution in [1.29, 1.82) is 0 Å². The Balaban J connectivity index is 2.04. The Kier molecular flexibility index (Phi) is 5.07. The maximum absolute atomic E-state index is 12.5. The van der Waals surface area contributed by atoms with E-state index < -0.39 is 10.0 Å². The van der Waals surface area contributed by atoms with Crippen LogP contribution in [0.25, 0.3) is 0 Å². The molecule has 1 aliphatic heterocycles. The monoisotopic (exact) mass is 317 g/mol. The Morgan fingerprint density at radius 1 is 1.20 bits per heavy atom. The zero-order valence-corrected chi connectivity index (χ0v) is 13.3. The summed E-state index contributed by atoms with van der Waals surface area (Å²) in [5.41, 5.74) is 0. The van der Waals surface area contributed by atoms with Gasteiger partial charge in [0.15, 0.2) is 0 Å². The van der Waals surface area contributed by atoms with Gasteiger partial charge in [0.1, 0.15) is 0 Å². The Hall–Kier alpha value is -0.620. The lowest BCUT2D eigenvalue weighted by Gasteiger charge is -2.32. The highest BCUT2D eigenvalue weighted by molar-refractivity contribution is 7.89. The van der Waals surface area contributed by atoms with Crippen molar-refractivity contribution in [1.82, 2.24) is 4.31 Å². The van der Waals surface area contributed by atoms with Crippen molar-refractivity contribution in [2.75, 3.05) is 13.1 Å². The van der Waals surface area contributed by atoms with Crippen LogP contribution in [0.2, 0.25) is 5.02 Å². The summed E-state index contributed by atoms with van der Waals surface area (Å²) in [6, 6.07) is 6.30. The fourth-order valence-electron chi connectivity index (χ4n) is 2.35. The molecule has 0 N–H and O–H groups in total. The van der Waals surface area contributed by atoms with Crippen LogP contribution in [0.5, 0.6) is 0 Å². The normalized spacial score (nSPS) is 18.6. The number of sulfonamides is 1. The SMILES string of the molecule is CC(C)OC1CCN(S(=O)(=O)c2ccc(Cl)cc2)CC1. The third-order valence-electron chi connectivity index (χ3n) is 3.32. The Labute approximate surface area is 125 Å². The summed E-state index contributed by atoms with van der Waals surface area (Å²) >= 11 is 5.79. The van der Waals surface area contributed by atoms with Crippen molar-refractivity contribution in [3.63, 3.8) is 0 Å². The number of benzene rings is 1. The molecule has 1 heterocycles. The molecule has 0 aliphatic carbocycles. The topological polar surface area (TPSA) is 46.6 Å². The van der Waals surface area contributed by atoms with Crippen LogP contribution in [0.1, 0.15) is 26.7 Å². The second kappa shape index (κ2) is 6.43. The largest absolute Gasteiger partial charge is 0.375 e. The molecule has 1 aliphatic rings. The number of rotatable bonds is 4. The van der Waals surface area contributed by atoms with E-state index in [4.69, 9.17) is 16.3 Å². The first-order valence-corrected chi connectivity index (χ1v) is 8.62. The Bertz CT molecular complexity index is 534. The van der Waals surface area contributed by atoms with Gasteiger partial charge in [-0.05, 0) is 51.0 Å². The summed E-state index contributed by atoms with van der Waals surface area (Å²) in [6.45, 7) is 5.00. The first-order chi connectivity index (χ1) is 9.39. The van der Waals surface area contributed by atoms with Gasteiger partial charge in [0.25, 0.3) is 0 Å². The van der Waals surface area contributed by atoms with Crippen LogP contribution >= 0.6 is 11.6 Å². The number of hydrogen-bond donors (Lipinski definition) is 0. The van der Waals surface area contributed by atoms with Gasteiger partial charge in [-0.2, -0.15) is 4.31 Å². The van der Waals surface area contributed by atoms with Crippen molar-refractivity contribution in [2.24, 2.45) is 0 Å². The molecule has 2 rings (SSSR count). The maximum Gasteiger partial charge on any atom is 0.243 e. The molecule has 0 amide bonds. The molecule has 1 aromatic carbocycles. The highest BCUT2D eigenvalue weighted by atomic mass is 35.5. The van der Waals surface area contributed by atoms with E-state index in [9.17, 15) is 8.42 Å². The number of hydrogen-bond acceptors (Lipinski definition) is 3. The molecule has 1 fully saturated rings. The molecule has 112 valence electrons. The average Bonchev–Trinajstić information content (AvgIpc) is 2.39. The number of ether oxygens (including phenoxy) is 1. The van der Waals surface area contributed by atoms with Crippen molar-refractivity contribution in [2.45, 2.75) is 43.8 Å². The van der Waals surface area contributed by atoms with E-state index in [1.165, 1.54) is 4.31 Å². The van der Waals surface area contributed by atoms with Crippen LogP contribution in [0.4, 0.5) is 0 Å². The van der Waals surface area contributed by atoms with E-state index in [0.717, 1.165) is 12.8 Å². The third-order valence-corrected chi connectivity index (χ3v) is 5.48. The van der Waals surface area contributed by atoms with Gasteiger partial charge in [0.2, 0.25) is 10.0 Å². The quantitative estimate of drug-likeness (QED) is 0.858. The number of piperidine rings is 1. The van der Waals surface area contributed by atoms with E-state index in [2.05, 4.69) is 0 Å². The average molecular weight is 318 g/mol.